The van der Waals surface area contributed by atoms with Gasteiger partial charge in [-0.05, 0) is 35.9 Å². The Bertz CT molecular complexity index is 1140. The lowest BCUT2D eigenvalue weighted by molar-refractivity contribution is -0.118. The van der Waals surface area contributed by atoms with E-state index in [0.29, 0.717) is 17.7 Å². The summed E-state index contributed by atoms with van der Waals surface area (Å²) < 4.78 is 0. The highest BCUT2D eigenvalue weighted by Crippen LogP contribution is 2.17. The molecule has 6 heteroatoms. The fourth-order valence-electron chi connectivity index (χ4n) is 3.14. The van der Waals surface area contributed by atoms with Gasteiger partial charge in [0.15, 0.2) is 0 Å². The third-order valence-electron chi connectivity index (χ3n) is 4.65. The van der Waals surface area contributed by atoms with Gasteiger partial charge in [-0.15, -0.1) is 0 Å². The van der Waals surface area contributed by atoms with Crippen molar-refractivity contribution in [3.63, 3.8) is 0 Å². The highest BCUT2D eigenvalue weighted by Gasteiger charge is 2.22. The van der Waals surface area contributed by atoms with Gasteiger partial charge in [0.1, 0.15) is 6.04 Å². The van der Waals surface area contributed by atoms with Crippen molar-refractivity contribution in [3.8, 4) is 0 Å². The Morgan fingerprint density at radius 2 is 1.69 bits per heavy atom. The molecule has 0 bridgehead atoms. The summed E-state index contributed by atoms with van der Waals surface area (Å²) in [4.78, 5) is 25.6. The van der Waals surface area contributed by atoms with Gasteiger partial charge >= 0.3 is 0 Å². The predicted octanol–water partition coefficient (Wildman–Crippen LogP) is 4.28. The first kappa shape index (κ1) is 18.4. The number of H-pyrrole nitrogens is 1. The molecule has 29 heavy (non-hydrogen) atoms. The lowest BCUT2D eigenvalue weighted by atomic mass is 10.0. The zero-order chi connectivity index (χ0) is 20.1. The first-order valence-corrected chi connectivity index (χ1v) is 9.33. The van der Waals surface area contributed by atoms with E-state index in [1.54, 1.807) is 36.5 Å². The number of aromatic nitrogens is 2. The van der Waals surface area contributed by atoms with Crippen LogP contribution in [0.15, 0.2) is 85.1 Å². The van der Waals surface area contributed by atoms with E-state index in [2.05, 4.69) is 20.8 Å². The molecule has 0 spiro atoms. The Hall–Kier alpha value is -3.93. The molecule has 4 rings (SSSR count). The van der Waals surface area contributed by atoms with Gasteiger partial charge in [0, 0.05) is 27.3 Å². The van der Waals surface area contributed by atoms with E-state index in [-0.39, 0.29) is 16.1 Å². The average Bonchev–Trinajstić information content (AvgIpc) is 3.22. The van der Waals surface area contributed by atoms with Crippen LogP contribution in [0.25, 0.3) is 10.9 Å². The van der Waals surface area contributed by atoms with Gasteiger partial charge in [0.25, 0.3) is 5.91 Å². The van der Waals surface area contributed by atoms with Gasteiger partial charge in [0.05, 0.1) is 11.7 Å². The highest BCUT2D eigenvalue weighted by molar-refractivity contribution is 6.02. The van der Waals surface area contributed by atoms with Crippen molar-refractivity contribution in [3.05, 3.63) is 96.2 Å². The first-order chi connectivity index (χ1) is 14.2. The number of aromatic amines is 1. The third kappa shape index (κ3) is 4.50. The Balaban J connectivity index is 0.00000171. The van der Waals surface area contributed by atoms with Crippen LogP contribution in [0, 0.1) is 0 Å². The minimum Gasteiger partial charge on any atom is -0.340 e. The number of hydrogen-bond donors (Lipinski definition) is 3. The van der Waals surface area contributed by atoms with Crippen LogP contribution in [0.4, 0.5) is 5.69 Å². The number of carbonyl (C=O) groups excluding carboxylic acids is 2. The summed E-state index contributed by atoms with van der Waals surface area (Å²) in [7, 11) is 0. The number of nitrogens with one attached hydrogen (secondary N) is 3. The molecule has 3 aromatic carbocycles. The summed E-state index contributed by atoms with van der Waals surface area (Å²) in [5.74, 6) is -0.562. The number of nitrogens with zero attached hydrogens (tertiary/aromatic N) is 1. The van der Waals surface area contributed by atoms with Crippen LogP contribution in [0.1, 0.15) is 20.2 Å². The van der Waals surface area contributed by atoms with Gasteiger partial charge in [-0.25, -0.2) is 0 Å². The lowest BCUT2D eigenvalue weighted by Gasteiger charge is -2.19. The van der Waals surface area contributed by atoms with Crippen molar-refractivity contribution in [2.75, 3.05) is 5.32 Å². The number of benzene rings is 3. The van der Waals surface area contributed by atoms with E-state index in [9.17, 15) is 9.59 Å². The van der Waals surface area contributed by atoms with E-state index in [1.807, 2.05) is 48.5 Å². The summed E-state index contributed by atoms with van der Waals surface area (Å²) >= 11 is 0. The molecule has 0 aliphatic heterocycles. The van der Waals surface area contributed by atoms with Crippen molar-refractivity contribution in [1.29, 1.82) is 0 Å². The Kier molecular flexibility index (Phi) is 5.33. The van der Waals surface area contributed by atoms with Crippen LogP contribution in [-0.2, 0) is 11.2 Å². The molecule has 0 fully saturated rings. The molecule has 6 nitrogen and oxygen atoms in total. The molecule has 0 aliphatic carbocycles. The van der Waals surface area contributed by atoms with Crippen molar-refractivity contribution >= 4 is 28.4 Å². The molecular formula is C23H26N4O2. The number of fused-ring (bicyclic) bond motifs is 1. The third-order valence-corrected chi connectivity index (χ3v) is 4.65. The Labute approximate surface area is 172 Å². The maximum absolute atomic E-state index is 13.0. The fraction of sp³-hybridized carbons (Fsp3) is 0.0870. The van der Waals surface area contributed by atoms with Crippen molar-refractivity contribution in [2.45, 2.75) is 12.5 Å². The highest BCUT2D eigenvalue weighted by atomic mass is 16.2. The van der Waals surface area contributed by atoms with Gasteiger partial charge in [-0.1, -0.05) is 48.5 Å². The maximum atomic E-state index is 13.0. The second-order valence-electron chi connectivity index (χ2n) is 6.74. The normalized spacial score (nSPS) is 11.7. The van der Waals surface area contributed by atoms with E-state index in [0.717, 1.165) is 16.5 Å². The number of anilines is 1. The first-order valence-electron chi connectivity index (χ1n) is 9.33. The second kappa shape index (κ2) is 8.39. The van der Waals surface area contributed by atoms with Gasteiger partial charge in [0.2, 0.25) is 5.91 Å². The molecule has 0 unspecified atom stereocenters. The molecule has 4 aromatic rings. The van der Waals surface area contributed by atoms with Crippen molar-refractivity contribution in [1.82, 2.24) is 15.5 Å². The molecule has 3 N–H and O–H groups in total. The summed E-state index contributed by atoms with van der Waals surface area (Å²) in [6.45, 7) is 0. The summed E-state index contributed by atoms with van der Waals surface area (Å²) in [6.07, 6.45) is 2.09. The summed E-state index contributed by atoms with van der Waals surface area (Å²) in [6, 6.07) is 23.3. The molecule has 1 atom stereocenters. The van der Waals surface area contributed by atoms with Crippen molar-refractivity contribution < 1.29 is 13.9 Å². The number of hydrogen-bond acceptors (Lipinski definition) is 3. The lowest BCUT2D eigenvalue weighted by Crippen LogP contribution is -2.45. The molecule has 1 heterocycles. The molecule has 0 aliphatic rings. The summed E-state index contributed by atoms with van der Waals surface area (Å²) in [5.41, 5.74) is 3.02. The van der Waals surface area contributed by atoms with Crippen LogP contribution < -0.4 is 10.6 Å². The number of amides is 2. The standard InChI is InChI=1S/C23H20N4O2.3H2/c28-22(17-9-5-2-6-10-17)26-21(13-16-7-3-1-4-8-16)23(29)25-19-11-12-20-18(14-19)15-24-27-20;;;/h1-12,14-15,21H,13H2,(H,24,27)(H,25,29)(H,26,28);3*1H/t21-;;;/m0.../s1. The van der Waals surface area contributed by atoms with Crippen LogP contribution >= 0.6 is 0 Å². The Morgan fingerprint density at radius 1 is 0.966 bits per heavy atom. The summed E-state index contributed by atoms with van der Waals surface area (Å²) in [5, 5.41) is 13.5. The van der Waals surface area contributed by atoms with Gasteiger partial charge in [-0.2, -0.15) is 5.10 Å². The van der Waals surface area contributed by atoms with Gasteiger partial charge in [-0.3, -0.25) is 14.7 Å². The van der Waals surface area contributed by atoms with Crippen LogP contribution in [0.5, 0.6) is 0 Å². The zero-order valence-electron chi connectivity index (χ0n) is 15.6. The predicted molar refractivity (Wildman–Crippen MR) is 119 cm³/mol. The average molecular weight is 390 g/mol. The van der Waals surface area contributed by atoms with E-state index in [1.165, 1.54) is 0 Å². The quantitative estimate of drug-likeness (QED) is 0.459. The Morgan fingerprint density at radius 3 is 2.45 bits per heavy atom. The SMILES string of the molecule is O=C(N[C@@H](Cc1ccccc1)C(=O)Nc1ccc2[nH]ncc2c1)c1ccccc1.[HH].[HH].[HH]. The largest absolute Gasteiger partial charge is 0.340 e. The number of carbonyl (C=O) groups is 2. The van der Waals surface area contributed by atoms with Crippen LogP contribution in [0.3, 0.4) is 0 Å². The van der Waals surface area contributed by atoms with E-state index >= 15 is 0 Å². The molecule has 0 radical (unpaired) electrons. The molecule has 2 amide bonds. The molecule has 1 aromatic heterocycles. The topological polar surface area (TPSA) is 86.9 Å². The fourth-order valence-corrected chi connectivity index (χ4v) is 3.14. The van der Waals surface area contributed by atoms with Crippen LogP contribution in [-0.4, -0.2) is 28.1 Å². The molecule has 0 saturated heterocycles. The minimum absolute atomic E-state index is 0. The van der Waals surface area contributed by atoms with Gasteiger partial charge < -0.3 is 10.6 Å². The van der Waals surface area contributed by atoms with E-state index < -0.39 is 6.04 Å². The zero-order valence-corrected chi connectivity index (χ0v) is 15.6. The monoisotopic (exact) mass is 390 g/mol. The number of rotatable bonds is 6. The van der Waals surface area contributed by atoms with Crippen LogP contribution in [0.2, 0.25) is 0 Å². The van der Waals surface area contributed by atoms with Crippen molar-refractivity contribution in [2.24, 2.45) is 0 Å². The van der Waals surface area contributed by atoms with E-state index in [4.69, 9.17) is 0 Å². The molecule has 150 valence electrons. The smallest absolute Gasteiger partial charge is 0.251 e. The molecular weight excluding hydrogens is 364 g/mol. The second-order valence-corrected chi connectivity index (χ2v) is 6.74. The molecule has 0 saturated carbocycles. The maximum Gasteiger partial charge on any atom is 0.251 e. The minimum atomic E-state index is -0.717.